The quantitative estimate of drug-likeness (QED) is 0.359. The van der Waals surface area contributed by atoms with Gasteiger partial charge in [0, 0.05) is 11.1 Å². The minimum Gasteiger partial charge on any atom is -0.493 e. The minimum atomic E-state index is 0.608. The van der Waals surface area contributed by atoms with Gasteiger partial charge in [0.25, 0.3) is 0 Å². The summed E-state index contributed by atoms with van der Waals surface area (Å²) >= 11 is 0. The highest BCUT2D eigenvalue weighted by molar-refractivity contribution is 5.81. The number of allylic oxidation sites excluding steroid dienone is 1. The number of hydrogen-bond donors (Lipinski definition) is 1. The number of benzene rings is 1. The minimum absolute atomic E-state index is 0.608. The molecule has 4 heteroatoms. The second-order valence-corrected chi connectivity index (χ2v) is 3.15. The fraction of sp³-hybridized carbons (Fsp3) is 0.250. The van der Waals surface area contributed by atoms with Gasteiger partial charge < -0.3 is 14.7 Å². The first kappa shape index (κ1) is 12.1. The Morgan fingerprint density at radius 1 is 1.38 bits per heavy atom. The molecule has 0 unspecified atom stereocenters. The lowest BCUT2D eigenvalue weighted by Gasteiger charge is -2.12. The molecule has 0 radical (unpaired) electrons. The Bertz CT molecular complexity index is 399. The lowest BCUT2D eigenvalue weighted by atomic mass is 10.1. The molecular formula is C12H15NO3. The van der Waals surface area contributed by atoms with Gasteiger partial charge >= 0.3 is 0 Å². The number of nitrogens with zero attached hydrogens (tertiary/aromatic N) is 1. The molecule has 1 N–H and O–H groups in total. The highest BCUT2D eigenvalue weighted by atomic mass is 16.5. The van der Waals surface area contributed by atoms with Crippen LogP contribution in [0.2, 0.25) is 0 Å². The predicted octanol–water partition coefficient (Wildman–Crippen LogP) is 2.24. The SMILES string of the molecule is C=CCc1cc(/C=N\O)cc(OC)c1OC. The van der Waals surface area contributed by atoms with Crippen molar-refractivity contribution in [3.63, 3.8) is 0 Å². The summed E-state index contributed by atoms with van der Waals surface area (Å²) in [7, 11) is 3.15. The van der Waals surface area contributed by atoms with Crippen LogP contribution in [0.5, 0.6) is 11.5 Å². The van der Waals surface area contributed by atoms with Crippen LogP contribution in [0.3, 0.4) is 0 Å². The van der Waals surface area contributed by atoms with Crippen LogP contribution in [0.4, 0.5) is 0 Å². The molecule has 0 amide bonds. The second kappa shape index (κ2) is 5.80. The molecule has 0 heterocycles. The number of ether oxygens (including phenoxy) is 2. The Balaban J connectivity index is 3.30. The monoisotopic (exact) mass is 221 g/mol. The van der Waals surface area contributed by atoms with Crippen LogP contribution >= 0.6 is 0 Å². The Morgan fingerprint density at radius 2 is 2.12 bits per heavy atom. The van der Waals surface area contributed by atoms with E-state index in [0.717, 1.165) is 11.1 Å². The Morgan fingerprint density at radius 3 is 2.62 bits per heavy atom. The average Bonchev–Trinajstić information content (AvgIpc) is 2.29. The van der Waals surface area contributed by atoms with Crippen LogP contribution in [0.15, 0.2) is 29.9 Å². The molecule has 1 aromatic carbocycles. The fourth-order valence-corrected chi connectivity index (χ4v) is 1.52. The second-order valence-electron chi connectivity index (χ2n) is 3.15. The third kappa shape index (κ3) is 2.53. The maximum atomic E-state index is 8.51. The van der Waals surface area contributed by atoms with Crippen molar-refractivity contribution in [1.82, 2.24) is 0 Å². The molecule has 86 valence electrons. The Hall–Kier alpha value is -1.97. The van der Waals surface area contributed by atoms with Crippen LogP contribution in [0.1, 0.15) is 11.1 Å². The van der Waals surface area contributed by atoms with Crippen LogP contribution in [-0.4, -0.2) is 25.6 Å². The van der Waals surface area contributed by atoms with Crippen molar-refractivity contribution >= 4 is 6.21 Å². The maximum Gasteiger partial charge on any atom is 0.164 e. The van der Waals surface area contributed by atoms with E-state index in [1.807, 2.05) is 6.07 Å². The molecule has 0 aliphatic rings. The molecule has 0 saturated carbocycles. The van der Waals surface area contributed by atoms with E-state index in [0.29, 0.717) is 17.9 Å². The molecule has 0 fully saturated rings. The lowest BCUT2D eigenvalue weighted by molar-refractivity contribution is 0.321. The van der Waals surface area contributed by atoms with Gasteiger partial charge in [-0.25, -0.2) is 0 Å². The zero-order chi connectivity index (χ0) is 12.0. The standard InChI is InChI=1S/C12H15NO3/c1-4-5-10-6-9(8-13-14)7-11(15-2)12(10)16-3/h4,6-8,14H,1,5H2,2-3H3/b13-8-. The Labute approximate surface area is 94.8 Å². The summed E-state index contributed by atoms with van der Waals surface area (Å²) in [6.45, 7) is 3.68. The summed E-state index contributed by atoms with van der Waals surface area (Å²) in [6.07, 6.45) is 3.78. The highest BCUT2D eigenvalue weighted by Gasteiger charge is 2.10. The molecule has 0 atom stereocenters. The van der Waals surface area contributed by atoms with Crippen LogP contribution in [0, 0.1) is 0 Å². The number of oxime groups is 1. The van der Waals surface area contributed by atoms with Crippen molar-refractivity contribution in [1.29, 1.82) is 0 Å². The van der Waals surface area contributed by atoms with Gasteiger partial charge in [-0.15, -0.1) is 6.58 Å². The van der Waals surface area contributed by atoms with Crippen LogP contribution < -0.4 is 9.47 Å². The molecule has 1 aromatic rings. The molecule has 0 bridgehead atoms. The van der Waals surface area contributed by atoms with E-state index >= 15 is 0 Å². The molecular weight excluding hydrogens is 206 g/mol. The van der Waals surface area contributed by atoms with E-state index in [1.54, 1.807) is 26.4 Å². The van der Waals surface area contributed by atoms with Gasteiger partial charge in [-0.3, -0.25) is 0 Å². The maximum absolute atomic E-state index is 8.51. The first-order valence-electron chi connectivity index (χ1n) is 4.80. The number of methoxy groups -OCH3 is 2. The first-order valence-corrected chi connectivity index (χ1v) is 4.80. The molecule has 0 aliphatic carbocycles. The zero-order valence-corrected chi connectivity index (χ0v) is 9.43. The fourth-order valence-electron chi connectivity index (χ4n) is 1.52. The van der Waals surface area contributed by atoms with Crippen molar-refractivity contribution in [2.45, 2.75) is 6.42 Å². The molecule has 0 aromatic heterocycles. The van der Waals surface area contributed by atoms with Crippen molar-refractivity contribution in [3.05, 3.63) is 35.9 Å². The lowest BCUT2D eigenvalue weighted by Crippen LogP contribution is -1.97. The van der Waals surface area contributed by atoms with Gasteiger partial charge in [0.1, 0.15) is 0 Å². The first-order chi connectivity index (χ1) is 7.76. The summed E-state index contributed by atoms with van der Waals surface area (Å²) < 4.78 is 10.5. The van der Waals surface area contributed by atoms with Gasteiger partial charge in [-0.2, -0.15) is 0 Å². The predicted molar refractivity (Wildman–Crippen MR) is 62.8 cm³/mol. The van der Waals surface area contributed by atoms with Gasteiger partial charge in [-0.1, -0.05) is 11.2 Å². The van der Waals surface area contributed by atoms with E-state index in [1.165, 1.54) is 6.21 Å². The molecule has 4 nitrogen and oxygen atoms in total. The van der Waals surface area contributed by atoms with Crippen LogP contribution in [0.25, 0.3) is 0 Å². The molecule has 1 rings (SSSR count). The van der Waals surface area contributed by atoms with Crippen molar-refractivity contribution in [2.75, 3.05) is 14.2 Å². The van der Waals surface area contributed by atoms with E-state index in [4.69, 9.17) is 14.7 Å². The summed E-state index contributed by atoms with van der Waals surface area (Å²) in [5.41, 5.74) is 1.68. The van der Waals surface area contributed by atoms with E-state index < -0.39 is 0 Å². The topological polar surface area (TPSA) is 51.1 Å². The van der Waals surface area contributed by atoms with E-state index in [2.05, 4.69) is 11.7 Å². The van der Waals surface area contributed by atoms with Gasteiger partial charge in [0.2, 0.25) is 0 Å². The molecule has 0 saturated heterocycles. The number of rotatable bonds is 5. The van der Waals surface area contributed by atoms with Crippen molar-refractivity contribution in [2.24, 2.45) is 5.16 Å². The van der Waals surface area contributed by atoms with Crippen LogP contribution in [-0.2, 0) is 6.42 Å². The summed E-state index contributed by atoms with van der Waals surface area (Å²) in [4.78, 5) is 0. The van der Waals surface area contributed by atoms with E-state index in [9.17, 15) is 0 Å². The average molecular weight is 221 g/mol. The smallest absolute Gasteiger partial charge is 0.164 e. The summed E-state index contributed by atoms with van der Waals surface area (Å²) in [5, 5.41) is 11.5. The highest BCUT2D eigenvalue weighted by Crippen LogP contribution is 2.32. The van der Waals surface area contributed by atoms with Crippen molar-refractivity contribution < 1.29 is 14.7 Å². The summed E-state index contributed by atoms with van der Waals surface area (Å²) in [5.74, 6) is 1.29. The zero-order valence-electron chi connectivity index (χ0n) is 9.43. The molecule has 0 spiro atoms. The molecule has 16 heavy (non-hydrogen) atoms. The summed E-state index contributed by atoms with van der Waals surface area (Å²) in [6, 6.07) is 3.61. The Kier molecular flexibility index (Phi) is 4.39. The third-order valence-electron chi connectivity index (χ3n) is 2.15. The number of hydrogen-bond acceptors (Lipinski definition) is 4. The van der Waals surface area contributed by atoms with Gasteiger partial charge in [0.05, 0.1) is 20.4 Å². The van der Waals surface area contributed by atoms with Gasteiger partial charge in [-0.05, 0) is 18.6 Å². The van der Waals surface area contributed by atoms with E-state index in [-0.39, 0.29) is 0 Å². The molecule has 0 aliphatic heterocycles. The third-order valence-corrected chi connectivity index (χ3v) is 2.15. The van der Waals surface area contributed by atoms with Crippen molar-refractivity contribution in [3.8, 4) is 11.5 Å². The normalized spacial score (nSPS) is 10.4. The largest absolute Gasteiger partial charge is 0.493 e. The van der Waals surface area contributed by atoms with Gasteiger partial charge in [0.15, 0.2) is 11.5 Å².